The first-order chi connectivity index (χ1) is 10.9. The van der Waals surface area contributed by atoms with Crippen LogP contribution in [0.4, 0.5) is 10.5 Å². The molecule has 0 aromatic carbocycles. The third-order valence-corrected chi connectivity index (χ3v) is 4.07. The number of nitrogens with zero attached hydrogens (tertiary/aromatic N) is 4. The normalized spacial score (nSPS) is 15.7. The first-order valence-electron chi connectivity index (χ1n) is 8.29. The number of hydrogen-bond acceptors (Lipinski definition) is 3. The summed E-state index contributed by atoms with van der Waals surface area (Å²) in [6.45, 7) is 8.37. The molecule has 7 heteroatoms. The molecule has 0 aliphatic carbocycles. The number of hydrogen-bond donors (Lipinski definition) is 1. The minimum absolute atomic E-state index is 0.00196. The summed E-state index contributed by atoms with van der Waals surface area (Å²) < 4.78 is 1.71. The van der Waals surface area contributed by atoms with Crippen LogP contribution in [0, 0.1) is 5.92 Å². The number of aryl methyl sites for hydroxylation is 2. The Labute approximate surface area is 137 Å². The predicted molar refractivity (Wildman–Crippen MR) is 89.2 cm³/mol. The predicted octanol–water partition coefficient (Wildman–Crippen LogP) is 1.70. The van der Waals surface area contributed by atoms with Gasteiger partial charge in [0.05, 0.1) is 11.4 Å². The molecule has 3 amide bonds. The molecule has 128 valence electrons. The molecule has 0 atom stereocenters. The van der Waals surface area contributed by atoms with Gasteiger partial charge in [0, 0.05) is 45.3 Å². The maximum absolute atomic E-state index is 12.5. The molecule has 1 fully saturated rings. The molecule has 1 saturated heterocycles. The first kappa shape index (κ1) is 17.3. The van der Waals surface area contributed by atoms with Gasteiger partial charge in [-0.1, -0.05) is 20.8 Å². The fourth-order valence-electron chi connectivity index (χ4n) is 2.80. The quantitative estimate of drug-likeness (QED) is 0.921. The number of urea groups is 1. The molecule has 0 bridgehead atoms. The highest BCUT2D eigenvalue weighted by Gasteiger charge is 2.24. The second kappa shape index (κ2) is 7.48. The van der Waals surface area contributed by atoms with Crippen LogP contribution in [-0.2, 0) is 18.3 Å². The van der Waals surface area contributed by atoms with E-state index in [9.17, 15) is 9.59 Å². The van der Waals surface area contributed by atoms with Gasteiger partial charge in [0.25, 0.3) is 0 Å². The van der Waals surface area contributed by atoms with Gasteiger partial charge in [0.15, 0.2) is 0 Å². The van der Waals surface area contributed by atoms with Crippen molar-refractivity contribution in [2.75, 3.05) is 31.5 Å². The Kier molecular flexibility index (Phi) is 5.63. The number of rotatable bonds is 3. The Bertz CT molecular complexity index is 567. The van der Waals surface area contributed by atoms with E-state index in [1.54, 1.807) is 9.58 Å². The Balaban J connectivity index is 1.96. The van der Waals surface area contributed by atoms with Gasteiger partial charge in [-0.25, -0.2) is 4.79 Å². The van der Waals surface area contributed by atoms with E-state index >= 15 is 0 Å². The number of nitrogens with one attached hydrogen (secondary N) is 1. The summed E-state index contributed by atoms with van der Waals surface area (Å²) >= 11 is 0. The summed E-state index contributed by atoms with van der Waals surface area (Å²) in [4.78, 5) is 28.2. The molecule has 1 aromatic rings. The molecule has 2 rings (SSSR count). The summed E-state index contributed by atoms with van der Waals surface area (Å²) in [6.07, 6.45) is 3.40. The first-order valence-corrected chi connectivity index (χ1v) is 8.29. The number of carbonyl (C=O) groups is 2. The number of carbonyl (C=O) groups excluding carboxylic acids is 2. The van der Waals surface area contributed by atoms with Gasteiger partial charge in [-0.15, -0.1) is 0 Å². The average molecular weight is 321 g/mol. The number of aromatic nitrogens is 2. The highest BCUT2D eigenvalue weighted by Crippen LogP contribution is 2.15. The van der Waals surface area contributed by atoms with E-state index in [-0.39, 0.29) is 17.9 Å². The van der Waals surface area contributed by atoms with Gasteiger partial charge in [-0.05, 0) is 12.8 Å². The van der Waals surface area contributed by atoms with E-state index in [0.717, 1.165) is 24.2 Å². The van der Waals surface area contributed by atoms with Crippen LogP contribution < -0.4 is 5.32 Å². The fraction of sp³-hybridized carbons (Fsp3) is 0.688. The number of anilines is 1. The zero-order chi connectivity index (χ0) is 17.0. The summed E-state index contributed by atoms with van der Waals surface area (Å²) in [7, 11) is 1.84. The summed E-state index contributed by atoms with van der Waals surface area (Å²) in [5.74, 6) is 0.158. The molecule has 0 radical (unpaired) electrons. The van der Waals surface area contributed by atoms with Crippen molar-refractivity contribution >= 4 is 17.6 Å². The molecule has 1 aliphatic heterocycles. The molecule has 7 nitrogen and oxygen atoms in total. The minimum Gasteiger partial charge on any atom is -0.341 e. The van der Waals surface area contributed by atoms with E-state index in [4.69, 9.17) is 0 Å². The Morgan fingerprint density at radius 1 is 1.22 bits per heavy atom. The van der Waals surface area contributed by atoms with Crippen molar-refractivity contribution in [2.24, 2.45) is 13.0 Å². The van der Waals surface area contributed by atoms with Crippen LogP contribution in [0.1, 0.15) is 32.9 Å². The largest absolute Gasteiger partial charge is 0.341 e. The number of amides is 3. The maximum atomic E-state index is 12.5. The van der Waals surface area contributed by atoms with Gasteiger partial charge < -0.3 is 15.1 Å². The Hall–Kier alpha value is -2.05. The topological polar surface area (TPSA) is 70.5 Å². The Morgan fingerprint density at radius 3 is 2.52 bits per heavy atom. The smallest absolute Gasteiger partial charge is 0.322 e. The highest BCUT2D eigenvalue weighted by molar-refractivity contribution is 5.90. The zero-order valence-electron chi connectivity index (χ0n) is 14.5. The summed E-state index contributed by atoms with van der Waals surface area (Å²) in [5, 5.41) is 7.28. The second-order valence-electron chi connectivity index (χ2n) is 6.27. The van der Waals surface area contributed by atoms with Crippen LogP contribution in [-0.4, -0.2) is 57.7 Å². The molecule has 23 heavy (non-hydrogen) atoms. The van der Waals surface area contributed by atoms with Crippen molar-refractivity contribution < 1.29 is 9.59 Å². The fourth-order valence-corrected chi connectivity index (χ4v) is 2.80. The van der Waals surface area contributed by atoms with Crippen molar-refractivity contribution in [3.63, 3.8) is 0 Å². The van der Waals surface area contributed by atoms with E-state index in [1.165, 1.54) is 0 Å². The molecule has 1 aromatic heterocycles. The minimum atomic E-state index is -0.119. The van der Waals surface area contributed by atoms with Crippen LogP contribution in [0.15, 0.2) is 6.20 Å². The standard InChI is InChI=1S/C16H27N5O2/c1-5-13-14(11-19(4)18-13)17-16(23)21-8-6-7-20(9-10-21)15(22)12(2)3/h11-12H,5-10H2,1-4H3,(H,17,23). The van der Waals surface area contributed by atoms with Crippen molar-refractivity contribution in [1.29, 1.82) is 0 Å². The molecule has 1 aliphatic rings. The highest BCUT2D eigenvalue weighted by atomic mass is 16.2. The summed E-state index contributed by atoms with van der Waals surface area (Å²) in [5.41, 5.74) is 1.65. The van der Waals surface area contributed by atoms with Gasteiger partial charge in [-0.3, -0.25) is 9.48 Å². The molecular weight excluding hydrogens is 294 g/mol. The zero-order valence-corrected chi connectivity index (χ0v) is 14.5. The third-order valence-electron chi connectivity index (χ3n) is 4.07. The molecular formula is C16H27N5O2. The third kappa shape index (κ3) is 4.24. The lowest BCUT2D eigenvalue weighted by molar-refractivity contribution is -0.134. The lowest BCUT2D eigenvalue weighted by Crippen LogP contribution is -2.40. The SMILES string of the molecule is CCc1nn(C)cc1NC(=O)N1CCCN(C(=O)C(C)C)CC1. The maximum Gasteiger partial charge on any atom is 0.322 e. The molecule has 1 N–H and O–H groups in total. The van der Waals surface area contributed by atoms with Gasteiger partial charge in [0.2, 0.25) is 5.91 Å². The van der Waals surface area contributed by atoms with Crippen molar-refractivity contribution in [3.8, 4) is 0 Å². The van der Waals surface area contributed by atoms with E-state index in [0.29, 0.717) is 26.2 Å². The van der Waals surface area contributed by atoms with Crippen LogP contribution in [0.5, 0.6) is 0 Å². The second-order valence-corrected chi connectivity index (χ2v) is 6.27. The molecule has 0 spiro atoms. The van der Waals surface area contributed by atoms with Crippen LogP contribution in [0.3, 0.4) is 0 Å². The average Bonchev–Trinajstić information content (AvgIpc) is 2.73. The lowest BCUT2D eigenvalue weighted by atomic mass is 10.2. The van der Waals surface area contributed by atoms with Gasteiger partial charge in [0.1, 0.15) is 0 Å². The van der Waals surface area contributed by atoms with Gasteiger partial charge >= 0.3 is 6.03 Å². The van der Waals surface area contributed by atoms with Crippen molar-refractivity contribution in [1.82, 2.24) is 19.6 Å². The van der Waals surface area contributed by atoms with Crippen LogP contribution >= 0.6 is 0 Å². The van der Waals surface area contributed by atoms with E-state index in [1.807, 2.05) is 38.9 Å². The van der Waals surface area contributed by atoms with Crippen LogP contribution in [0.2, 0.25) is 0 Å². The molecule has 0 saturated carbocycles. The van der Waals surface area contributed by atoms with E-state index in [2.05, 4.69) is 10.4 Å². The molecule has 2 heterocycles. The van der Waals surface area contributed by atoms with Crippen molar-refractivity contribution in [3.05, 3.63) is 11.9 Å². The molecule has 0 unspecified atom stereocenters. The van der Waals surface area contributed by atoms with Crippen LogP contribution in [0.25, 0.3) is 0 Å². The summed E-state index contributed by atoms with van der Waals surface area (Å²) in [6, 6.07) is -0.119. The van der Waals surface area contributed by atoms with E-state index < -0.39 is 0 Å². The van der Waals surface area contributed by atoms with Gasteiger partial charge in [-0.2, -0.15) is 5.10 Å². The Morgan fingerprint density at radius 2 is 1.87 bits per heavy atom. The van der Waals surface area contributed by atoms with Crippen molar-refractivity contribution in [2.45, 2.75) is 33.6 Å². The lowest BCUT2D eigenvalue weighted by Gasteiger charge is -2.23. The monoisotopic (exact) mass is 321 g/mol.